The van der Waals surface area contributed by atoms with Crippen LogP contribution in [0.25, 0.3) is 5.69 Å². The molecule has 0 N–H and O–H groups in total. The Kier molecular flexibility index (Phi) is 5.90. The van der Waals surface area contributed by atoms with Crippen LogP contribution in [0.1, 0.15) is 10.4 Å². The molecule has 1 heterocycles. The van der Waals surface area contributed by atoms with Crippen molar-refractivity contribution in [2.75, 3.05) is 12.9 Å². The van der Waals surface area contributed by atoms with E-state index < -0.39 is 0 Å². The summed E-state index contributed by atoms with van der Waals surface area (Å²) >= 11 is 14.2. The van der Waals surface area contributed by atoms with Crippen LogP contribution >= 0.6 is 46.9 Å². The van der Waals surface area contributed by atoms with Gasteiger partial charge in [-0.2, -0.15) is 0 Å². The molecule has 0 aliphatic rings. The first-order valence-corrected chi connectivity index (χ1v) is 9.82. The minimum atomic E-state index is -0.0260. The van der Waals surface area contributed by atoms with Crippen molar-refractivity contribution in [1.29, 1.82) is 0 Å². The van der Waals surface area contributed by atoms with Crippen molar-refractivity contribution in [1.82, 2.24) is 9.78 Å². The van der Waals surface area contributed by atoms with Gasteiger partial charge in [0.05, 0.1) is 23.6 Å². The molecular formula is C17H13ClN2O2S3. The first-order valence-electron chi connectivity index (χ1n) is 7.23. The standard InChI is InChI=1S/C17H13ClN2O2S3/c1-22-15-8-7-11(9-13(15)18)14(21)10-24-16-19-20(17(23)25-16)12-5-3-2-4-6-12/h2-9H,10H2,1H3. The van der Waals surface area contributed by atoms with Crippen LogP contribution in [0.15, 0.2) is 52.9 Å². The van der Waals surface area contributed by atoms with Gasteiger partial charge in [-0.3, -0.25) is 4.79 Å². The van der Waals surface area contributed by atoms with Crippen LogP contribution in [0, 0.1) is 3.95 Å². The number of benzene rings is 2. The van der Waals surface area contributed by atoms with E-state index in [0.29, 0.717) is 20.3 Å². The molecule has 0 saturated carbocycles. The maximum Gasteiger partial charge on any atom is 0.184 e. The molecule has 3 aromatic rings. The molecule has 3 rings (SSSR count). The highest BCUT2D eigenvalue weighted by molar-refractivity contribution is 8.01. The van der Waals surface area contributed by atoms with Gasteiger partial charge in [0.1, 0.15) is 5.75 Å². The van der Waals surface area contributed by atoms with E-state index in [1.807, 2.05) is 30.3 Å². The maximum atomic E-state index is 12.4. The third kappa shape index (κ3) is 4.30. The molecule has 0 amide bonds. The molecular weight excluding hydrogens is 396 g/mol. The zero-order chi connectivity index (χ0) is 17.8. The average Bonchev–Trinajstić information content (AvgIpc) is 3.01. The van der Waals surface area contributed by atoms with E-state index >= 15 is 0 Å². The summed E-state index contributed by atoms with van der Waals surface area (Å²) in [6, 6.07) is 14.7. The molecule has 0 radical (unpaired) electrons. The highest BCUT2D eigenvalue weighted by Gasteiger charge is 2.12. The Morgan fingerprint density at radius 3 is 2.76 bits per heavy atom. The van der Waals surface area contributed by atoms with Crippen molar-refractivity contribution >= 4 is 52.7 Å². The number of hydrogen-bond acceptors (Lipinski definition) is 6. The van der Waals surface area contributed by atoms with E-state index in [1.54, 1.807) is 22.9 Å². The van der Waals surface area contributed by atoms with Crippen molar-refractivity contribution < 1.29 is 9.53 Å². The number of thioether (sulfide) groups is 1. The van der Waals surface area contributed by atoms with Crippen LogP contribution in [-0.2, 0) is 0 Å². The topological polar surface area (TPSA) is 44.1 Å². The molecule has 2 aromatic carbocycles. The third-order valence-corrected chi connectivity index (χ3v) is 5.99. The van der Waals surface area contributed by atoms with Gasteiger partial charge in [-0.25, -0.2) is 4.68 Å². The van der Waals surface area contributed by atoms with E-state index in [1.165, 1.54) is 30.2 Å². The number of ketones is 1. The molecule has 0 bridgehead atoms. The number of hydrogen-bond donors (Lipinski definition) is 0. The molecule has 128 valence electrons. The molecule has 1 aromatic heterocycles. The van der Waals surface area contributed by atoms with Gasteiger partial charge in [-0.1, -0.05) is 52.9 Å². The summed E-state index contributed by atoms with van der Waals surface area (Å²) in [5, 5.41) is 4.91. The van der Waals surface area contributed by atoms with Crippen LogP contribution in [0.3, 0.4) is 0 Å². The number of halogens is 1. The van der Waals surface area contributed by atoms with E-state index in [-0.39, 0.29) is 11.5 Å². The zero-order valence-corrected chi connectivity index (χ0v) is 16.3. The Balaban J connectivity index is 1.71. The summed E-state index contributed by atoms with van der Waals surface area (Å²) in [5.41, 5.74) is 1.45. The number of Topliss-reactive ketones (excluding diaryl/α,β-unsaturated/α-hetero) is 1. The SMILES string of the molecule is COc1ccc(C(=O)CSc2nn(-c3ccccc3)c(=S)s2)cc1Cl. The predicted molar refractivity (Wildman–Crippen MR) is 105 cm³/mol. The second kappa shape index (κ2) is 8.14. The average molecular weight is 409 g/mol. The monoisotopic (exact) mass is 408 g/mol. The first kappa shape index (κ1) is 18.1. The largest absolute Gasteiger partial charge is 0.495 e. The molecule has 25 heavy (non-hydrogen) atoms. The lowest BCUT2D eigenvalue weighted by molar-refractivity contribution is 0.102. The van der Waals surface area contributed by atoms with Gasteiger partial charge in [-0.15, -0.1) is 5.10 Å². The molecule has 0 aliphatic heterocycles. The van der Waals surface area contributed by atoms with Gasteiger partial charge in [0, 0.05) is 5.56 Å². The number of carbonyl (C=O) groups is 1. The fourth-order valence-electron chi connectivity index (χ4n) is 2.10. The highest BCUT2D eigenvalue weighted by Crippen LogP contribution is 2.28. The Morgan fingerprint density at radius 1 is 1.32 bits per heavy atom. The molecule has 0 fully saturated rings. The van der Waals surface area contributed by atoms with Crippen LogP contribution < -0.4 is 4.74 Å². The second-order valence-corrected chi connectivity index (χ2v) is 8.19. The number of methoxy groups -OCH3 is 1. The number of rotatable bonds is 6. The molecule has 0 aliphatic carbocycles. The highest BCUT2D eigenvalue weighted by atomic mass is 35.5. The number of carbonyl (C=O) groups excluding carboxylic acids is 1. The number of ether oxygens (including phenoxy) is 1. The molecule has 0 unspecified atom stereocenters. The maximum absolute atomic E-state index is 12.4. The smallest absolute Gasteiger partial charge is 0.184 e. The quantitative estimate of drug-likeness (QED) is 0.314. The van der Waals surface area contributed by atoms with Crippen LogP contribution in [0.5, 0.6) is 5.75 Å². The summed E-state index contributed by atoms with van der Waals surface area (Å²) in [6.45, 7) is 0. The lowest BCUT2D eigenvalue weighted by Gasteiger charge is -2.05. The van der Waals surface area contributed by atoms with Crippen LogP contribution in [-0.4, -0.2) is 28.4 Å². The predicted octanol–water partition coefficient (Wildman–Crippen LogP) is 5.30. The summed E-state index contributed by atoms with van der Waals surface area (Å²) < 4.78 is 8.20. The Bertz CT molecular complexity index is 954. The molecule has 0 spiro atoms. The van der Waals surface area contributed by atoms with Crippen molar-refractivity contribution in [2.24, 2.45) is 0 Å². The molecule has 8 heteroatoms. The zero-order valence-electron chi connectivity index (χ0n) is 13.1. The third-order valence-electron chi connectivity index (χ3n) is 3.33. The van der Waals surface area contributed by atoms with Gasteiger partial charge in [0.15, 0.2) is 14.1 Å². The lowest BCUT2D eigenvalue weighted by Crippen LogP contribution is -2.03. The first-order chi connectivity index (χ1) is 12.1. The number of para-hydroxylation sites is 1. The van der Waals surface area contributed by atoms with E-state index in [0.717, 1.165) is 10.0 Å². The second-order valence-electron chi connectivity index (χ2n) is 4.94. The summed E-state index contributed by atoms with van der Waals surface area (Å²) in [5.74, 6) is 0.784. The van der Waals surface area contributed by atoms with Crippen molar-refractivity contribution in [3.63, 3.8) is 0 Å². The minimum Gasteiger partial charge on any atom is -0.495 e. The van der Waals surface area contributed by atoms with Crippen molar-refractivity contribution in [3.05, 3.63) is 63.1 Å². The van der Waals surface area contributed by atoms with Crippen molar-refractivity contribution in [3.8, 4) is 11.4 Å². The van der Waals surface area contributed by atoms with Gasteiger partial charge in [0.2, 0.25) is 0 Å². The number of nitrogens with zero attached hydrogens (tertiary/aromatic N) is 2. The molecule has 0 atom stereocenters. The summed E-state index contributed by atoms with van der Waals surface area (Å²) in [4.78, 5) is 12.4. The summed E-state index contributed by atoms with van der Waals surface area (Å²) in [6.07, 6.45) is 0. The Labute approximate surface area is 163 Å². The van der Waals surface area contributed by atoms with Gasteiger partial charge < -0.3 is 4.74 Å². The normalized spacial score (nSPS) is 10.6. The van der Waals surface area contributed by atoms with E-state index in [9.17, 15) is 4.79 Å². The summed E-state index contributed by atoms with van der Waals surface area (Å²) in [7, 11) is 1.54. The number of aromatic nitrogens is 2. The van der Waals surface area contributed by atoms with E-state index in [4.69, 9.17) is 28.6 Å². The molecule has 4 nitrogen and oxygen atoms in total. The minimum absolute atomic E-state index is 0.0260. The van der Waals surface area contributed by atoms with Gasteiger partial charge in [0.25, 0.3) is 0 Å². The fraction of sp³-hybridized carbons (Fsp3) is 0.118. The molecule has 0 saturated heterocycles. The van der Waals surface area contributed by atoms with Crippen LogP contribution in [0.4, 0.5) is 0 Å². The lowest BCUT2D eigenvalue weighted by atomic mass is 10.1. The Morgan fingerprint density at radius 2 is 2.08 bits per heavy atom. The van der Waals surface area contributed by atoms with E-state index in [2.05, 4.69) is 5.10 Å². The van der Waals surface area contributed by atoms with Crippen molar-refractivity contribution in [2.45, 2.75) is 4.34 Å². The van der Waals surface area contributed by atoms with Gasteiger partial charge >= 0.3 is 0 Å². The van der Waals surface area contributed by atoms with Gasteiger partial charge in [-0.05, 0) is 42.5 Å². The Hall–Kier alpha value is -1.67. The fourth-order valence-corrected chi connectivity index (χ4v) is 4.62. The van der Waals surface area contributed by atoms with Crippen LogP contribution in [0.2, 0.25) is 5.02 Å².